The molecule has 16 aromatic rings. The summed E-state index contributed by atoms with van der Waals surface area (Å²) >= 11 is 0. The lowest BCUT2D eigenvalue weighted by atomic mass is 9.91. The van der Waals surface area contributed by atoms with Crippen LogP contribution in [-0.2, 0) is 103 Å². The largest absolute Gasteiger partial charge is 0.485 e. The molecule has 2 aliphatic heterocycles. The quantitative estimate of drug-likeness (QED) is 0.0277. The van der Waals surface area contributed by atoms with Crippen LogP contribution in [0.15, 0.2) is 400 Å². The van der Waals surface area contributed by atoms with Crippen LogP contribution < -0.4 is 56.8 Å². The summed E-state index contributed by atoms with van der Waals surface area (Å²) in [6.07, 6.45) is -10.8. The summed E-state index contributed by atoms with van der Waals surface area (Å²) in [6.45, 7) is -1.93. The Bertz CT molecular complexity index is 6650. The van der Waals surface area contributed by atoms with Crippen LogP contribution in [0.1, 0.15) is 108 Å². The van der Waals surface area contributed by atoms with Crippen LogP contribution in [0.2, 0.25) is 0 Å². The number of cyclic esters (lactones) is 1. The maximum atomic E-state index is 17.7. The van der Waals surface area contributed by atoms with Gasteiger partial charge in [0.15, 0.2) is 70.6 Å². The Balaban J connectivity index is 0.849. The molecule has 5 unspecified atom stereocenters. The van der Waals surface area contributed by atoms with Crippen LogP contribution in [0.5, 0.6) is 69.0 Å². The third kappa shape index (κ3) is 24.2. The normalized spacial score (nSPS) is 14.7. The van der Waals surface area contributed by atoms with Crippen molar-refractivity contribution in [3.8, 4) is 80.1 Å². The summed E-state index contributed by atoms with van der Waals surface area (Å²) in [5, 5.41) is 13.3. The van der Waals surface area contributed by atoms with Gasteiger partial charge in [-0.2, -0.15) is 0 Å². The Morgan fingerprint density at radius 2 is 0.457 bits per heavy atom. The molecule has 702 valence electrons. The van der Waals surface area contributed by atoms with E-state index in [1.807, 2.05) is 364 Å². The van der Waals surface area contributed by atoms with Gasteiger partial charge < -0.3 is 85.6 Å². The highest BCUT2D eigenvalue weighted by molar-refractivity contribution is 6.09. The number of aliphatic hydroxyl groups is 1. The van der Waals surface area contributed by atoms with E-state index in [9.17, 15) is 5.11 Å². The highest BCUT2D eigenvalue weighted by atomic mass is 16.7. The highest BCUT2D eigenvalue weighted by Gasteiger charge is 2.54. The van der Waals surface area contributed by atoms with Crippen LogP contribution in [0.25, 0.3) is 11.1 Å². The minimum atomic E-state index is -2.36. The molecule has 22 nitrogen and oxygen atoms in total. The van der Waals surface area contributed by atoms with Crippen LogP contribution in [-0.4, -0.2) is 66.3 Å². The fourth-order valence-corrected chi connectivity index (χ4v) is 15.9. The van der Waals surface area contributed by atoms with Crippen molar-refractivity contribution in [3.63, 3.8) is 0 Å². The van der Waals surface area contributed by atoms with E-state index in [4.69, 9.17) is 80.5 Å². The van der Waals surface area contributed by atoms with Crippen molar-refractivity contribution in [1.82, 2.24) is 0 Å². The second-order valence-corrected chi connectivity index (χ2v) is 33.1. The topological polar surface area (TPSA) is 245 Å². The summed E-state index contributed by atoms with van der Waals surface area (Å²) in [5.74, 6) is -5.01. The predicted molar refractivity (Wildman–Crippen MR) is 523 cm³/mol. The molecule has 22 heteroatoms. The zero-order chi connectivity index (χ0) is 95.4. The van der Waals surface area contributed by atoms with Gasteiger partial charge in [0.2, 0.25) is 23.0 Å². The van der Waals surface area contributed by atoms with E-state index in [1.165, 1.54) is 36.4 Å². The number of benzene rings is 16. The molecule has 0 amide bonds. The van der Waals surface area contributed by atoms with E-state index < -0.39 is 66.8 Å². The minimum Gasteiger partial charge on any atom is -0.485 e. The van der Waals surface area contributed by atoms with Gasteiger partial charge in [-0.1, -0.05) is 364 Å². The van der Waals surface area contributed by atoms with Crippen molar-refractivity contribution in [3.05, 3.63) is 489 Å². The molecule has 2 aliphatic rings. The summed E-state index contributed by atoms with van der Waals surface area (Å²) in [6, 6.07) is 121. The fraction of sp³-hybridized carbons (Fsp3) is 0.153. The molecule has 5 atom stereocenters. The van der Waals surface area contributed by atoms with E-state index in [1.54, 1.807) is 0 Å². The molecule has 140 heavy (non-hydrogen) atoms. The van der Waals surface area contributed by atoms with Gasteiger partial charge in [0.05, 0.1) is 22.3 Å². The molecule has 0 bridgehead atoms. The van der Waals surface area contributed by atoms with Crippen LogP contribution in [0, 0.1) is 0 Å². The van der Waals surface area contributed by atoms with E-state index >= 15 is 19.2 Å². The van der Waals surface area contributed by atoms with Gasteiger partial charge in [0, 0.05) is 11.1 Å². The number of hydrogen-bond donors (Lipinski definition) is 1. The molecule has 2 heterocycles. The molecule has 0 saturated carbocycles. The lowest BCUT2D eigenvalue weighted by Crippen LogP contribution is -2.62. The second-order valence-electron chi connectivity index (χ2n) is 33.1. The van der Waals surface area contributed by atoms with Crippen molar-refractivity contribution in [2.24, 2.45) is 0 Å². The first-order chi connectivity index (χ1) is 69.0. The molecular weight excluding hydrogens is 1770 g/mol. The molecular formula is C118H98O22. The second kappa shape index (κ2) is 46.4. The standard InChI is InChI=1S/C118H98O22/c119-114(92-61-96(124-67-80-37-13-1-14-38-80)105(130-73-86-49-25-7-26-50-86)97(62-92)125-68-81-39-15-2-16-40-81)139-112-109-102(137-118(123)113(112)140-115(120)93-63-98(126-69-82-41-17-3-18-42-82)106(131-74-87-51-27-8-28-52-87)99(64-93)127-70-83-43-19-4-20-44-83)79-136-116(121)94-65-100(128-71-84-45-21-5-22-46-84)107(132-75-88-53-29-9-30-54-88)110(134-77-90-57-33-11-34-58-90)103(94)104-95(117(122)138-109)66-101(129-72-85-47-23-6-24-48-85)108(133-76-89-55-31-10-32-56-89)111(104)135-78-91-59-35-12-36-60-91/h1-66,102,109,112-113,118,123H,67-79H2. The molecule has 0 aliphatic carbocycles. The Labute approximate surface area is 810 Å². The Morgan fingerprint density at radius 3 is 0.707 bits per heavy atom. The average Bonchev–Trinajstić information content (AvgIpc) is 0.922. The Kier molecular flexibility index (Phi) is 31.0. The van der Waals surface area contributed by atoms with Crippen molar-refractivity contribution in [2.75, 3.05) is 6.61 Å². The number of carbonyl (C=O) groups excluding carboxylic acids is 4. The number of aliphatic hydroxyl groups excluding tert-OH is 1. The van der Waals surface area contributed by atoms with E-state index in [2.05, 4.69) is 0 Å². The van der Waals surface area contributed by atoms with Crippen LogP contribution >= 0.6 is 0 Å². The smallest absolute Gasteiger partial charge is 0.339 e. The highest BCUT2D eigenvalue weighted by Crippen LogP contribution is 2.57. The van der Waals surface area contributed by atoms with Crippen molar-refractivity contribution >= 4 is 23.9 Å². The minimum absolute atomic E-state index is 0.0106. The van der Waals surface area contributed by atoms with Crippen molar-refractivity contribution < 1.29 is 105 Å². The molecule has 0 radical (unpaired) electrons. The number of rotatable bonds is 40. The molecule has 1 fully saturated rings. The lowest BCUT2D eigenvalue weighted by molar-refractivity contribution is -0.284. The summed E-state index contributed by atoms with van der Waals surface area (Å²) in [7, 11) is 0. The maximum absolute atomic E-state index is 17.7. The molecule has 1 N–H and O–H groups in total. The Morgan fingerprint density at radius 1 is 0.250 bits per heavy atom. The molecule has 16 aromatic carbocycles. The maximum Gasteiger partial charge on any atom is 0.339 e. The van der Waals surface area contributed by atoms with Gasteiger partial charge in [0.25, 0.3) is 0 Å². The summed E-state index contributed by atoms with van der Waals surface area (Å²) < 4.78 is 117. The van der Waals surface area contributed by atoms with Crippen molar-refractivity contribution in [2.45, 2.75) is 110 Å². The molecule has 18 rings (SSSR count). The van der Waals surface area contributed by atoms with E-state index in [0.717, 1.165) is 44.5 Å². The number of fused-ring (bicyclic) bond motifs is 4. The van der Waals surface area contributed by atoms with Crippen molar-refractivity contribution in [1.29, 1.82) is 0 Å². The lowest BCUT2D eigenvalue weighted by Gasteiger charge is -2.42. The SMILES string of the molecule is O=C(OC1C(O)OC2COC(=O)c3cc(OCc4ccccc4)c(OCc4ccccc4)c(OCc4ccccc4)c3-c3c(cc(OCc4ccccc4)c(OCc4ccccc4)c3OCc3ccccc3)C(=O)OC2C1OC(=O)c1cc(OCc2ccccc2)c(OCc2ccccc2)c(OCc2ccccc2)c1)c1cc(OCc2ccccc2)c(OCc2ccccc2)c(OCc2ccccc2)c1. The first kappa shape index (κ1) is 93.3. The Hall–Kier alpha value is -17.1. The zero-order valence-electron chi connectivity index (χ0n) is 76.2. The number of hydrogen-bond acceptors (Lipinski definition) is 22. The van der Waals surface area contributed by atoms with Crippen LogP contribution in [0.3, 0.4) is 0 Å². The molecule has 0 aromatic heterocycles. The predicted octanol–water partition coefficient (Wildman–Crippen LogP) is 23.2. The zero-order valence-corrected chi connectivity index (χ0v) is 76.2. The molecule has 1 saturated heterocycles. The third-order valence-electron chi connectivity index (χ3n) is 23.1. The van der Waals surface area contributed by atoms with E-state index in [0.29, 0.717) is 22.3 Å². The summed E-state index contributed by atoms with van der Waals surface area (Å²) in [4.78, 5) is 67.5. The van der Waals surface area contributed by atoms with Gasteiger partial charge in [-0.3, -0.25) is 0 Å². The third-order valence-corrected chi connectivity index (χ3v) is 23.1. The number of ether oxygens (including phenoxy) is 17. The van der Waals surface area contributed by atoms with Gasteiger partial charge >= 0.3 is 23.9 Å². The summed E-state index contributed by atoms with van der Waals surface area (Å²) in [5.41, 5.74) is 7.16. The van der Waals surface area contributed by atoms with Gasteiger partial charge in [-0.05, 0) is 103 Å². The first-order valence-corrected chi connectivity index (χ1v) is 45.9. The molecule has 0 spiro atoms. The first-order valence-electron chi connectivity index (χ1n) is 45.9. The van der Waals surface area contributed by atoms with Gasteiger partial charge in [-0.15, -0.1) is 0 Å². The number of esters is 4. The van der Waals surface area contributed by atoms with E-state index in [-0.39, 0.29) is 176 Å². The van der Waals surface area contributed by atoms with Gasteiger partial charge in [-0.25, -0.2) is 19.2 Å². The number of carbonyl (C=O) groups is 4. The van der Waals surface area contributed by atoms with Gasteiger partial charge in [0.1, 0.15) is 92.0 Å². The average molecular weight is 1870 g/mol. The monoisotopic (exact) mass is 1870 g/mol. The van der Waals surface area contributed by atoms with Crippen LogP contribution in [0.4, 0.5) is 0 Å². The fourth-order valence-electron chi connectivity index (χ4n) is 15.9.